The zero-order valence-electron chi connectivity index (χ0n) is 77.6. The number of carboxylic acid groups (broad SMARTS) is 1. The number of nitrogens with zero attached hydrogens (tertiary/aromatic N) is 2. The molecule has 0 radical (unpaired) electrons. The molecule has 11 rings (SSSR count). The van der Waals surface area contributed by atoms with Crippen molar-refractivity contribution in [3.05, 3.63) is 208 Å². The van der Waals surface area contributed by atoms with Crippen LogP contribution in [0.3, 0.4) is 0 Å². The van der Waals surface area contributed by atoms with Gasteiger partial charge in [-0.1, -0.05) is 189 Å². The Kier molecular flexibility index (Phi) is 38.3. The van der Waals surface area contributed by atoms with Gasteiger partial charge in [-0.3, -0.25) is 14.4 Å². The highest BCUT2D eigenvalue weighted by Crippen LogP contribution is 2.44. The molecule has 7 aromatic carbocycles. The standard InChI is InChI=1S/C37H60BNO9SSi2.C32H51NO8SSi2.C25H25NO6S/c1-37(2)25-46-38(47-26-37)34-12-10-11-33-32(34)17-18-35(33)48-31-15-13-29(14-16-31)30(23-36(40)43-3)24-49(41,42)39(27-44-19-21-50(4,5)6)28-45-20-22-51(7,8)9;1-38-32(35)21-26(25-11-13-27(14-12-25)41-31-16-15-28-29(31)9-8-10-30(28)34)22-42(36,37)33(23-39-17-19-43(2,3)4)24-40-18-20-44(5,6)7;26-33(29,30)16-18(15-25(27)28)17-9-11-20(12-10-17)32-24-14-13-22-21(24)7-4-8-23(22)31-19-5-2-1-3-6-19/h10-16,30,35H,17-28H2,1-9H3;8-14,26,31,34H,15-24H2,1-7H3;1-12,18,24H,13-16H2,(H,27,28)(H2,26,29,30)/t30?,35-;26?,31-;18?,24-/m111/s1. The molecule has 6 atom stereocenters. The predicted octanol–water partition coefficient (Wildman–Crippen LogP) is 17.2. The number of fused-ring (bicyclic) bond motifs is 3. The second-order valence-corrected chi connectivity index (χ2v) is 67.4. The minimum Gasteiger partial charge on any atom is -0.508 e. The van der Waals surface area contributed by atoms with E-state index in [4.69, 9.17) is 66.9 Å². The first-order valence-corrected chi connectivity index (χ1v) is 63.9. The largest absolute Gasteiger partial charge is 0.508 e. The molecule has 3 unspecified atom stereocenters. The Bertz CT molecular complexity index is 5040. The van der Waals surface area contributed by atoms with Gasteiger partial charge < -0.3 is 66.9 Å². The zero-order valence-corrected chi connectivity index (χ0v) is 84.1. The third kappa shape index (κ3) is 34.2. The summed E-state index contributed by atoms with van der Waals surface area (Å²) in [6.45, 7) is 34.1. The summed E-state index contributed by atoms with van der Waals surface area (Å²) >= 11 is 0. The molecule has 3 aliphatic carbocycles. The lowest BCUT2D eigenvalue weighted by atomic mass is 9.72. The quantitative estimate of drug-likeness (QED) is 0.0138. The molecule has 0 spiro atoms. The molecule has 4 N–H and O–H groups in total. The third-order valence-corrected chi connectivity index (χ3v) is 34.0. The summed E-state index contributed by atoms with van der Waals surface area (Å²) in [5.41, 5.74) is 9.47. The number of aromatic hydroxyl groups is 1. The number of methoxy groups -OCH3 is 2. The highest BCUT2D eigenvalue weighted by molar-refractivity contribution is 7.89. The number of nitrogens with two attached hydrogens (primary N) is 1. The van der Waals surface area contributed by atoms with Crippen molar-refractivity contribution in [1.82, 2.24) is 8.61 Å². The monoisotopic (exact) mass is 1890 g/mol. The SMILES string of the molecule is COC(=O)CC(CS(=O)(=O)N(COCC[Si](C)(C)C)COCC[Si](C)(C)C)c1ccc(O[C@@H]2CCc3c(B4OCC(C)(C)CO4)cccc32)cc1.COC(=O)CC(CS(=O)(=O)N(COCC[Si](C)(C)C)COCC[Si](C)(C)C)c1ccc(O[C@@H]2CCc3c(O)cccc32)cc1.NS(=O)(=O)CC(CC(=O)O)c1ccc(O[C@@H]2CCc3c(Oc4ccccc4)cccc32)cc1. The van der Waals surface area contributed by atoms with Crippen LogP contribution >= 0.6 is 0 Å². The number of ether oxygens (including phenoxy) is 10. The van der Waals surface area contributed by atoms with Crippen LogP contribution in [0.5, 0.6) is 34.5 Å². The van der Waals surface area contributed by atoms with Crippen molar-refractivity contribution in [2.24, 2.45) is 10.6 Å². The minimum absolute atomic E-state index is 0.00530. The molecular formula is C94H136BN3O23S3Si4. The van der Waals surface area contributed by atoms with Gasteiger partial charge in [0.15, 0.2) is 0 Å². The fourth-order valence-corrected chi connectivity index (χ4v) is 22.0. The predicted molar refractivity (Wildman–Crippen MR) is 512 cm³/mol. The van der Waals surface area contributed by atoms with E-state index < -0.39 is 104 Å². The maximum absolute atomic E-state index is 13.9. The van der Waals surface area contributed by atoms with Crippen LogP contribution in [0.15, 0.2) is 158 Å². The van der Waals surface area contributed by atoms with Gasteiger partial charge in [-0.05, 0) is 168 Å². The molecule has 34 heteroatoms. The molecule has 0 amide bonds. The molecule has 702 valence electrons. The second-order valence-electron chi connectivity index (χ2n) is 39.2. The fraction of sp³-hybridized carbons (Fsp3) is 0.521. The number of carbonyl (C=O) groups is 3. The Morgan fingerprint density at radius 2 is 0.805 bits per heavy atom. The van der Waals surface area contributed by atoms with E-state index in [-0.39, 0.29) is 94.3 Å². The summed E-state index contributed by atoms with van der Waals surface area (Å²) in [5.74, 6) is -1.28. The number of para-hydroxylation sites is 1. The number of carboxylic acids is 1. The minimum atomic E-state index is -3.89. The molecule has 128 heavy (non-hydrogen) atoms. The van der Waals surface area contributed by atoms with Crippen LogP contribution in [0.25, 0.3) is 0 Å². The summed E-state index contributed by atoms with van der Waals surface area (Å²) in [4.78, 5) is 36.1. The Morgan fingerprint density at radius 3 is 1.18 bits per heavy atom. The lowest BCUT2D eigenvalue weighted by Gasteiger charge is -2.33. The number of hydrogen-bond donors (Lipinski definition) is 3. The molecule has 7 aromatic rings. The first-order chi connectivity index (χ1) is 60.2. The topological polar surface area (TPSA) is 337 Å². The molecule has 0 aromatic heterocycles. The van der Waals surface area contributed by atoms with E-state index in [1.54, 1.807) is 54.6 Å². The van der Waals surface area contributed by atoms with Crippen molar-refractivity contribution < 1.29 is 107 Å². The summed E-state index contributed by atoms with van der Waals surface area (Å²) < 4.78 is 152. The molecule has 0 saturated carbocycles. The van der Waals surface area contributed by atoms with Gasteiger partial charge >= 0.3 is 25.0 Å². The van der Waals surface area contributed by atoms with E-state index >= 15 is 0 Å². The van der Waals surface area contributed by atoms with E-state index in [9.17, 15) is 44.7 Å². The lowest BCUT2D eigenvalue weighted by molar-refractivity contribution is -0.141. The van der Waals surface area contributed by atoms with Crippen LogP contribution in [0, 0.1) is 5.41 Å². The molecule has 4 aliphatic rings. The number of benzene rings is 7. The van der Waals surface area contributed by atoms with Gasteiger partial charge in [0, 0.05) is 106 Å². The number of hydrogen-bond acceptors (Lipinski definition) is 22. The third-order valence-electron chi connectivity index (χ3n) is 22.7. The summed E-state index contributed by atoms with van der Waals surface area (Å²) in [7, 11) is -14.8. The number of sulfonamides is 3. The number of primary sulfonamides is 1. The summed E-state index contributed by atoms with van der Waals surface area (Å²) in [6.07, 6.45) is 3.88. The number of phenolic OH excluding ortho intramolecular Hbond substituents is 1. The highest BCUT2D eigenvalue weighted by Gasteiger charge is 2.40. The molecular weight excluding hydrogens is 1760 g/mol. The van der Waals surface area contributed by atoms with Gasteiger partial charge in [-0.2, -0.15) is 8.61 Å². The summed E-state index contributed by atoms with van der Waals surface area (Å²) in [5, 5.41) is 24.4. The van der Waals surface area contributed by atoms with Crippen LogP contribution in [-0.2, 0) is 101 Å². The molecule has 0 bridgehead atoms. The number of rotatable bonds is 46. The van der Waals surface area contributed by atoms with Gasteiger partial charge in [0.05, 0.1) is 50.7 Å². The zero-order chi connectivity index (χ0) is 93.4. The van der Waals surface area contributed by atoms with Crippen LogP contribution in [0.1, 0.15) is 139 Å². The first-order valence-electron chi connectivity index (χ1n) is 44.1. The van der Waals surface area contributed by atoms with E-state index in [2.05, 4.69) is 105 Å². The maximum Gasteiger partial charge on any atom is 0.494 e. The molecule has 1 aliphatic heterocycles. The first kappa shape index (κ1) is 104. The fourth-order valence-electron chi connectivity index (χ4n) is 15.1. The van der Waals surface area contributed by atoms with E-state index in [0.29, 0.717) is 73.6 Å². The molecule has 1 fully saturated rings. The van der Waals surface area contributed by atoms with Crippen molar-refractivity contribution in [2.75, 3.05) is 98.0 Å². The smallest absolute Gasteiger partial charge is 0.494 e. The Balaban J connectivity index is 0.000000221. The van der Waals surface area contributed by atoms with E-state index in [1.807, 2.05) is 91.0 Å². The van der Waals surface area contributed by atoms with Crippen LogP contribution in [0.4, 0.5) is 0 Å². The second kappa shape index (κ2) is 47.1. The average molecular weight is 1900 g/mol. The Labute approximate surface area is 764 Å². The summed E-state index contributed by atoms with van der Waals surface area (Å²) in [6, 6.07) is 52.4. The van der Waals surface area contributed by atoms with E-state index in [1.165, 1.54) is 28.4 Å². The van der Waals surface area contributed by atoms with Gasteiger partial charge in [-0.25, -0.2) is 30.4 Å². The number of carbonyl (C=O) groups excluding carboxylic acids is 2. The van der Waals surface area contributed by atoms with Crippen LogP contribution in [-0.4, -0.2) is 199 Å². The molecule has 1 saturated heterocycles. The Hall–Kier alpha value is -7.63. The van der Waals surface area contributed by atoms with Crippen molar-refractivity contribution in [3.8, 4) is 34.5 Å². The normalized spacial score (nSPS) is 17.1. The lowest BCUT2D eigenvalue weighted by Crippen LogP contribution is -2.48. The van der Waals surface area contributed by atoms with Gasteiger partial charge in [0.1, 0.15) is 79.7 Å². The number of esters is 2. The maximum atomic E-state index is 13.9. The highest BCUT2D eigenvalue weighted by atomic mass is 32.2. The van der Waals surface area contributed by atoms with Crippen LogP contribution < -0.4 is 29.5 Å². The van der Waals surface area contributed by atoms with E-state index in [0.717, 1.165) is 107 Å². The number of phenols is 1. The van der Waals surface area contributed by atoms with Gasteiger partial charge in [0.25, 0.3) is 0 Å². The van der Waals surface area contributed by atoms with Gasteiger partial charge in [-0.15, -0.1) is 0 Å². The van der Waals surface area contributed by atoms with Crippen molar-refractivity contribution in [3.63, 3.8) is 0 Å². The van der Waals surface area contributed by atoms with Gasteiger partial charge in [0.2, 0.25) is 30.1 Å². The van der Waals surface area contributed by atoms with Crippen molar-refractivity contribution in [1.29, 1.82) is 0 Å². The van der Waals surface area contributed by atoms with Crippen molar-refractivity contribution >= 4 is 92.9 Å². The molecule has 26 nitrogen and oxygen atoms in total. The van der Waals surface area contributed by atoms with Crippen LogP contribution in [0.2, 0.25) is 103 Å². The molecule has 1 heterocycles. The number of aliphatic carboxylic acids is 1. The van der Waals surface area contributed by atoms with Crippen molar-refractivity contribution in [2.45, 2.75) is 210 Å². The average Bonchev–Trinajstić information content (AvgIpc) is 1.65. The Morgan fingerprint density at radius 1 is 0.453 bits per heavy atom.